The fraction of sp³-hybridized carbons (Fsp3) is 0.429. The Morgan fingerprint density at radius 3 is 2.62 bits per heavy atom. The Bertz CT molecular complexity index is 1310. The highest BCUT2D eigenvalue weighted by Crippen LogP contribution is 2.21. The van der Waals surface area contributed by atoms with Crippen LogP contribution in [0, 0.1) is 5.41 Å². The van der Waals surface area contributed by atoms with Crippen LogP contribution in [0.4, 0.5) is 16.4 Å². The van der Waals surface area contributed by atoms with Crippen LogP contribution in [0.25, 0.3) is 16.6 Å². The summed E-state index contributed by atoms with van der Waals surface area (Å²) in [6, 6.07) is 7.78. The highest BCUT2D eigenvalue weighted by atomic mass is 16.2. The number of anilines is 2. The number of piperazine rings is 1. The number of urea groups is 1. The van der Waals surface area contributed by atoms with E-state index in [-0.39, 0.29) is 6.03 Å². The van der Waals surface area contributed by atoms with Gasteiger partial charge >= 0.3 is 6.03 Å². The number of carbonyl (C=O) groups excluding carboxylic acids is 1. The molecule has 0 atom stereocenters. The maximum atomic E-state index is 12.1. The summed E-state index contributed by atoms with van der Waals surface area (Å²) in [5.74, 6) is 1.65. The molecule has 1 aliphatic heterocycles. The van der Waals surface area contributed by atoms with Gasteiger partial charge in [0.1, 0.15) is 5.82 Å². The quantitative estimate of drug-likeness (QED) is 0.268. The van der Waals surface area contributed by atoms with Crippen LogP contribution >= 0.6 is 0 Å². The molecular formula is C28H38N10O. The van der Waals surface area contributed by atoms with Gasteiger partial charge in [0.05, 0.1) is 17.2 Å². The lowest BCUT2D eigenvalue weighted by molar-refractivity contribution is 0.123. The van der Waals surface area contributed by atoms with Gasteiger partial charge in [0, 0.05) is 76.6 Å². The molecule has 0 spiro atoms. The minimum absolute atomic E-state index is 0.0808. The van der Waals surface area contributed by atoms with E-state index in [2.05, 4.69) is 44.6 Å². The van der Waals surface area contributed by atoms with E-state index in [9.17, 15) is 4.79 Å². The largest absolute Gasteiger partial charge is 0.390 e. The van der Waals surface area contributed by atoms with E-state index < -0.39 is 0 Å². The van der Waals surface area contributed by atoms with E-state index >= 15 is 0 Å². The molecule has 3 aromatic rings. The zero-order chi connectivity index (χ0) is 27.8. The first-order valence-corrected chi connectivity index (χ1v) is 13.3. The molecule has 0 unspecified atom stereocenters. The van der Waals surface area contributed by atoms with E-state index in [0.29, 0.717) is 17.6 Å². The molecule has 39 heavy (non-hydrogen) atoms. The smallest absolute Gasteiger partial charge is 0.319 e. The minimum Gasteiger partial charge on any atom is -0.390 e. The molecule has 11 heteroatoms. The Labute approximate surface area is 229 Å². The molecular weight excluding hydrogens is 492 g/mol. The van der Waals surface area contributed by atoms with Crippen LogP contribution in [0.1, 0.15) is 37.3 Å². The van der Waals surface area contributed by atoms with Gasteiger partial charge in [-0.3, -0.25) is 9.88 Å². The highest BCUT2D eigenvalue weighted by molar-refractivity contribution is 6.08. The summed E-state index contributed by atoms with van der Waals surface area (Å²) < 4.78 is 0. The number of pyridine rings is 2. The molecule has 0 bridgehead atoms. The summed E-state index contributed by atoms with van der Waals surface area (Å²) in [5, 5.41) is 22.7. The molecule has 4 heterocycles. The zero-order valence-corrected chi connectivity index (χ0v) is 23.2. The molecule has 1 fully saturated rings. The predicted octanol–water partition coefficient (Wildman–Crippen LogP) is 3.56. The Kier molecular flexibility index (Phi) is 9.37. The molecule has 3 N–H and O–H groups in total. The summed E-state index contributed by atoms with van der Waals surface area (Å²) in [6.45, 7) is 9.30. The van der Waals surface area contributed by atoms with Crippen molar-refractivity contribution in [3.63, 3.8) is 0 Å². The third-order valence-electron chi connectivity index (χ3n) is 6.70. The second-order valence-corrected chi connectivity index (χ2v) is 10.2. The van der Waals surface area contributed by atoms with Gasteiger partial charge in [-0.15, -0.1) is 5.10 Å². The van der Waals surface area contributed by atoms with Crippen molar-refractivity contribution in [1.29, 1.82) is 5.41 Å². The second kappa shape index (κ2) is 13.1. The topological polar surface area (TPSA) is 126 Å². The number of amides is 2. The number of nitrogens with one attached hydrogen (secondary N) is 3. The van der Waals surface area contributed by atoms with Crippen molar-refractivity contribution in [3.8, 4) is 0 Å². The molecule has 11 nitrogen and oxygen atoms in total. The number of fused-ring (bicyclic) bond motifs is 1. The average molecular weight is 531 g/mol. The summed E-state index contributed by atoms with van der Waals surface area (Å²) in [7, 11) is 3.58. The monoisotopic (exact) mass is 530 g/mol. The maximum Gasteiger partial charge on any atom is 0.319 e. The van der Waals surface area contributed by atoms with Crippen molar-refractivity contribution in [1.82, 2.24) is 40.2 Å². The van der Waals surface area contributed by atoms with Gasteiger partial charge in [0.15, 0.2) is 5.82 Å². The molecule has 0 radical (unpaired) electrons. The van der Waals surface area contributed by atoms with Crippen LogP contribution in [0.2, 0.25) is 0 Å². The molecule has 1 saturated heterocycles. The van der Waals surface area contributed by atoms with Gasteiger partial charge in [-0.25, -0.2) is 9.78 Å². The SMILES string of the molecule is CC(C)c1cnnc(Nc2ccc3ncc(/C(C=N)=C/NCCCN4CCN(C(=O)N(C)C)CC4)cc3n2)c1. The van der Waals surface area contributed by atoms with Crippen LogP contribution < -0.4 is 10.6 Å². The molecule has 3 aromatic heterocycles. The van der Waals surface area contributed by atoms with Gasteiger partial charge < -0.3 is 25.8 Å². The van der Waals surface area contributed by atoms with Crippen LogP contribution in [0.15, 0.2) is 42.9 Å². The van der Waals surface area contributed by atoms with Gasteiger partial charge in [-0.2, -0.15) is 5.10 Å². The van der Waals surface area contributed by atoms with Crippen molar-refractivity contribution in [2.75, 3.05) is 58.7 Å². The highest BCUT2D eigenvalue weighted by Gasteiger charge is 2.21. The Morgan fingerprint density at radius 1 is 1.10 bits per heavy atom. The number of hydrogen-bond donors (Lipinski definition) is 3. The summed E-state index contributed by atoms with van der Waals surface area (Å²) in [6.07, 6.45) is 7.69. The van der Waals surface area contributed by atoms with E-state index in [1.165, 1.54) is 6.21 Å². The summed E-state index contributed by atoms with van der Waals surface area (Å²) >= 11 is 0. The maximum absolute atomic E-state index is 12.1. The summed E-state index contributed by atoms with van der Waals surface area (Å²) in [4.78, 5) is 27.3. The minimum atomic E-state index is 0.0808. The Hall–Kier alpha value is -4.12. The van der Waals surface area contributed by atoms with Crippen molar-refractivity contribution >= 4 is 40.5 Å². The fourth-order valence-corrected chi connectivity index (χ4v) is 4.36. The van der Waals surface area contributed by atoms with Crippen LogP contribution in [-0.2, 0) is 0 Å². The van der Waals surface area contributed by atoms with E-state index in [0.717, 1.165) is 73.4 Å². The molecule has 0 aliphatic carbocycles. The number of allylic oxidation sites excluding steroid dienone is 1. The van der Waals surface area contributed by atoms with Crippen molar-refractivity contribution < 1.29 is 4.79 Å². The Morgan fingerprint density at radius 2 is 1.90 bits per heavy atom. The number of carbonyl (C=O) groups is 1. The van der Waals surface area contributed by atoms with Gasteiger partial charge in [0.25, 0.3) is 0 Å². The molecule has 206 valence electrons. The van der Waals surface area contributed by atoms with Crippen LogP contribution in [0.3, 0.4) is 0 Å². The lowest BCUT2D eigenvalue weighted by atomic mass is 10.1. The summed E-state index contributed by atoms with van der Waals surface area (Å²) in [5.41, 5.74) is 4.15. The van der Waals surface area contributed by atoms with Crippen molar-refractivity contribution in [3.05, 3.63) is 54.0 Å². The molecule has 0 aromatic carbocycles. The molecule has 0 saturated carbocycles. The fourth-order valence-electron chi connectivity index (χ4n) is 4.36. The number of aromatic nitrogens is 4. The first kappa shape index (κ1) is 27.9. The normalized spacial score (nSPS) is 14.5. The van der Waals surface area contributed by atoms with E-state index in [4.69, 9.17) is 10.4 Å². The first-order valence-electron chi connectivity index (χ1n) is 13.3. The van der Waals surface area contributed by atoms with Crippen molar-refractivity contribution in [2.45, 2.75) is 26.2 Å². The Balaban J connectivity index is 1.32. The molecule has 2 amide bonds. The van der Waals surface area contributed by atoms with Crippen LogP contribution in [0.5, 0.6) is 0 Å². The zero-order valence-electron chi connectivity index (χ0n) is 23.2. The van der Waals surface area contributed by atoms with Crippen LogP contribution in [-0.4, -0.2) is 100 Å². The van der Waals surface area contributed by atoms with Gasteiger partial charge in [-0.1, -0.05) is 13.8 Å². The van der Waals surface area contributed by atoms with E-state index in [1.54, 1.807) is 31.4 Å². The number of hydrogen-bond acceptors (Lipinski definition) is 9. The lowest BCUT2D eigenvalue weighted by Crippen LogP contribution is -2.51. The standard InChI is InChI=1S/C28H38N10O/c1-20(2)21-15-27(35-32-19-21)34-26-7-6-24-25(33-26)14-22(18-31-24)23(16-29)17-30-8-5-9-37-10-12-38(13-11-37)28(39)36(3)4/h6-7,14-20,29-30H,5,8-13H2,1-4H3,(H,33,34,35)/b23-17+,29-16?. The number of nitrogens with zero attached hydrogens (tertiary/aromatic N) is 7. The lowest BCUT2D eigenvalue weighted by Gasteiger charge is -2.35. The third kappa shape index (κ3) is 7.47. The van der Waals surface area contributed by atoms with Gasteiger partial charge in [0.2, 0.25) is 0 Å². The molecule has 4 rings (SSSR count). The first-order chi connectivity index (χ1) is 18.8. The average Bonchev–Trinajstić information content (AvgIpc) is 2.94. The third-order valence-corrected chi connectivity index (χ3v) is 6.70. The molecule has 1 aliphatic rings. The van der Waals surface area contributed by atoms with Gasteiger partial charge in [-0.05, 0) is 48.7 Å². The second-order valence-electron chi connectivity index (χ2n) is 10.2. The van der Waals surface area contributed by atoms with Crippen molar-refractivity contribution in [2.24, 2.45) is 0 Å². The predicted molar refractivity (Wildman–Crippen MR) is 155 cm³/mol. The number of rotatable bonds is 10. The van der Waals surface area contributed by atoms with E-state index in [1.807, 2.05) is 35.4 Å².